The summed E-state index contributed by atoms with van der Waals surface area (Å²) in [5, 5.41) is 6.24. The Morgan fingerprint density at radius 3 is 2.24 bits per heavy atom. The lowest BCUT2D eigenvalue weighted by molar-refractivity contribution is 0.0987. The van der Waals surface area contributed by atoms with Crippen molar-refractivity contribution in [1.82, 2.24) is 9.29 Å². The van der Waals surface area contributed by atoms with Crippen LogP contribution in [0.3, 0.4) is 0 Å². The van der Waals surface area contributed by atoms with E-state index in [9.17, 15) is 13.2 Å². The van der Waals surface area contributed by atoms with E-state index in [4.69, 9.17) is 0 Å². The van der Waals surface area contributed by atoms with Crippen molar-refractivity contribution in [3.05, 3.63) is 125 Å². The number of sulfonamides is 1. The fraction of sp³-hybridized carbons (Fsp3) is 0.182. The van der Waals surface area contributed by atoms with Gasteiger partial charge in [-0.25, -0.2) is 13.4 Å². The molecule has 5 rings (SSSR count). The number of carbonyl (C=O) groups is 1. The molecule has 1 aromatic heterocycles. The number of fused-ring (bicyclic) bond motifs is 1. The largest absolute Gasteiger partial charge is 0.280 e. The first-order valence-electron chi connectivity index (χ1n) is 13.6. The van der Waals surface area contributed by atoms with Crippen LogP contribution in [0.4, 0.5) is 5.13 Å². The Balaban J connectivity index is 1.46. The Kier molecular flexibility index (Phi) is 8.63. The molecule has 0 aliphatic carbocycles. The highest BCUT2D eigenvalue weighted by atomic mass is 32.2. The van der Waals surface area contributed by atoms with Crippen LogP contribution in [0.1, 0.15) is 46.5 Å². The zero-order valence-corrected chi connectivity index (χ0v) is 25.6. The average Bonchev–Trinajstić information content (AvgIpc) is 3.40. The summed E-state index contributed by atoms with van der Waals surface area (Å²) < 4.78 is 29.7. The van der Waals surface area contributed by atoms with Crippen molar-refractivity contribution in [2.75, 3.05) is 5.01 Å². The van der Waals surface area contributed by atoms with Gasteiger partial charge in [-0.15, -0.1) is 0 Å². The number of hydrazone groups is 1. The average molecular weight is 597 g/mol. The van der Waals surface area contributed by atoms with Gasteiger partial charge in [-0.3, -0.25) is 4.79 Å². The van der Waals surface area contributed by atoms with Crippen LogP contribution in [-0.2, 0) is 16.6 Å². The Hall–Kier alpha value is -4.18. The second-order valence-corrected chi connectivity index (χ2v) is 13.3. The predicted octanol–water partition coefficient (Wildman–Crippen LogP) is 7.19. The second kappa shape index (κ2) is 12.4. The maximum atomic E-state index is 13.8. The molecule has 42 heavy (non-hydrogen) atoms. The van der Waals surface area contributed by atoms with Crippen molar-refractivity contribution >= 4 is 48.8 Å². The maximum Gasteiger partial charge on any atom is 0.280 e. The van der Waals surface area contributed by atoms with Crippen molar-refractivity contribution in [3.8, 4) is 0 Å². The van der Waals surface area contributed by atoms with Crippen molar-refractivity contribution in [2.45, 2.75) is 45.2 Å². The van der Waals surface area contributed by atoms with E-state index < -0.39 is 15.9 Å². The van der Waals surface area contributed by atoms with Crippen LogP contribution >= 0.6 is 11.3 Å². The standard InChI is InChI=1S/C33H32N4O3S2/c1-23(2)36(22-27-8-6-5-7-9-27)42(39,40)29-17-15-28(16-18-29)32(38)37(34-21-26-13-10-24(3)11-14-26)33-35-30-19-12-25(4)20-31(30)41-33/h5-21,23H,22H2,1-4H3/b34-21+. The van der Waals surface area contributed by atoms with Gasteiger partial charge in [0.25, 0.3) is 5.91 Å². The van der Waals surface area contributed by atoms with Gasteiger partial charge in [0.05, 0.1) is 21.3 Å². The highest BCUT2D eigenvalue weighted by molar-refractivity contribution is 7.89. The van der Waals surface area contributed by atoms with Crippen LogP contribution in [0.5, 0.6) is 0 Å². The molecule has 0 bridgehead atoms. The molecule has 5 aromatic rings. The normalized spacial score (nSPS) is 12.0. The number of anilines is 1. The summed E-state index contributed by atoms with van der Waals surface area (Å²) >= 11 is 1.37. The van der Waals surface area contributed by atoms with E-state index in [-0.39, 0.29) is 17.5 Å². The van der Waals surface area contributed by atoms with Crippen LogP contribution in [0.25, 0.3) is 10.2 Å². The van der Waals surface area contributed by atoms with Crippen LogP contribution < -0.4 is 5.01 Å². The molecule has 9 heteroatoms. The Bertz CT molecular complexity index is 1830. The molecule has 7 nitrogen and oxygen atoms in total. The first kappa shape index (κ1) is 29.3. The smallest absolute Gasteiger partial charge is 0.267 e. The zero-order valence-electron chi connectivity index (χ0n) is 23.9. The fourth-order valence-electron chi connectivity index (χ4n) is 4.41. The summed E-state index contributed by atoms with van der Waals surface area (Å²) in [4.78, 5) is 18.6. The lowest BCUT2D eigenvalue weighted by atomic mass is 10.2. The molecule has 0 atom stereocenters. The van der Waals surface area contributed by atoms with Gasteiger partial charge in [0, 0.05) is 18.2 Å². The lowest BCUT2D eigenvalue weighted by Gasteiger charge is -2.26. The Labute approximate surface area is 250 Å². The zero-order chi connectivity index (χ0) is 29.9. The topological polar surface area (TPSA) is 82.9 Å². The van der Waals surface area contributed by atoms with Gasteiger partial charge in [-0.1, -0.05) is 77.6 Å². The molecule has 0 N–H and O–H groups in total. The van der Waals surface area contributed by atoms with Crippen LogP contribution in [0.15, 0.2) is 107 Å². The molecular formula is C33H32N4O3S2. The minimum Gasteiger partial charge on any atom is -0.267 e. The third-order valence-electron chi connectivity index (χ3n) is 6.77. The van der Waals surface area contributed by atoms with Crippen LogP contribution in [0, 0.1) is 13.8 Å². The second-order valence-electron chi connectivity index (χ2n) is 10.4. The van der Waals surface area contributed by atoms with Gasteiger partial charge in [0.2, 0.25) is 15.2 Å². The summed E-state index contributed by atoms with van der Waals surface area (Å²) in [6, 6.07) is 29.0. The molecule has 0 fully saturated rings. The van der Waals surface area contributed by atoms with Crippen LogP contribution in [-0.4, -0.2) is 35.9 Å². The highest BCUT2D eigenvalue weighted by Gasteiger charge is 2.28. The summed E-state index contributed by atoms with van der Waals surface area (Å²) in [7, 11) is -3.82. The molecule has 0 aliphatic rings. The minimum atomic E-state index is -3.82. The number of rotatable bonds is 9. The van der Waals surface area contributed by atoms with Crippen molar-refractivity contribution in [1.29, 1.82) is 0 Å². The van der Waals surface area contributed by atoms with Gasteiger partial charge < -0.3 is 0 Å². The summed E-state index contributed by atoms with van der Waals surface area (Å²) in [5.74, 6) is -0.414. The Morgan fingerprint density at radius 2 is 1.57 bits per heavy atom. The third-order valence-corrected chi connectivity index (χ3v) is 9.80. The van der Waals surface area contributed by atoms with E-state index in [1.54, 1.807) is 6.21 Å². The molecule has 0 spiro atoms. The van der Waals surface area contributed by atoms with E-state index >= 15 is 0 Å². The number of aromatic nitrogens is 1. The lowest BCUT2D eigenvalue weighted by Crippen LogP contribution is -2.36. The Morgan fingerprint density at radius 1 is 0.905 bits per heavy atom. The number of nitrogens with zero attached hydrogens (tertiary/aromatic N) is 4. The third kappa shape index (κ3) is 6.49. The first-order chi connectivity index (χ1) is 20.1. The van der Waals surface area contributed by atoms with E-state index in [1.165, 1.54) is 44.9 Å². The highest BCUT2D eigenvalue weighted by Crippen LogP contribution is 2.31. The van der Waals surface area contributed by atoms with Gasteiger partial charge >= 0.3 is 0 Å². The number of thiazole rings is 1. The van der Waals surface area contributed by atoms with E-state index in [1.807, 2.05) is 100 Å². The molecule has 1 heterocycles. The number of hydrogen-bond acceptors (Lipinski definition) is 6. The quantitative estimate of drug-likeness (QED) is 0.133. The van der Waals surface area contributed by atoms with E-state index in [0.717, 1.165) is 32.5 Å². The van der Waals surface area contributed by atoms with Crippen molar-refractivity contribution < 1.29 is 13.2 Å². The summed E-state index contributed by atoms with van der Waals surface area (Å²) in [6.45, 7) is 7.96. The van der Waals surface area contributed by atoms with Crippen molar-refractivity contribution in [3.63, 3.8) is 0 Å². The molecule has 0 unspecified atom stereocenters. The van der Waals surface area contributed by atoms with Gasteiger partial charge in [-0.2, -0.15) is 14.4 Å². The molecule has 0 radical (unpaired) electrons. The van der Waals surface area contributed by atoms with E-state index in [0.29, 0.717) is 10.7 Å². The molecular weight excluding hydrogens is 565 g/mol. The molecule has 1 amide bonds. The number of hydrogen-bond donors (Lipinski definition) is 0. The molecule has 0 saturated carbocycles. The van der Waals surface area contributed by atoms with Crippen molar-refractivity contribution in [2.24, 2.45) is 5.10 Å². The molecule has 0 aliphatic heterocycles. The molecule has 4 aromatic carbocycles. The molecule has 0 saturated heterocycles. The number of aryl methyl sites for hydroxylation is 2. The summed E-state index contributed by atoms with van der Waals surface area (Å²) in [6.07, 6.45) is 1.62. The number of carbonyl (C=O) groups excluding carboxylic acids is 1. The molecule has 214 valence electrons. The fourth-order valence-corrected chi connectivity index (χ4v) is 7.06. The maximum absolute atomic E-state index is 13.8. The van der Waals surface area contributed by atoms with Crippen LogP contribution in [0.2, 0.25) is 0 Å². The van der Waals surface area contributed by atoms with Gasteiger partial charge in [0.15, 0.2) is 0 Å². The van der Waals surface area contributed by atoms with E-state index in [2.05, 4.69) is 10.1 Å². The monoisotopic (exact) mass is 596 g/mol. The number of amides is 1. The summed E-state index contributed by atoms with van der Waals surface area (Å²) in [5.41, 5.74) is 5.02. The first-order valence-corrected chi connectivity index (χ1v) is 15.9. The predicted molar refractivity (Wildman–Crippen MR) is 171 cm³/mol. The van der Waals surface area contributed by atoms with Gasteiger partial charge in [0.1, 0.15) is 0 Å². The minimum absolute atomic E-state index is 0.119. The number of benzene rings is 4. The SMILES string of the molecule is Cc1ccc(/C=N/N(C(=O)c2ccc(S(=O)(=O)N(Cc3ccccc3)C(C)C)cc2)c2nc3ccc(C)cc3s2)cc1. The van der Waals surface area contributed by atoms with Gasteiger partial charge in [-0.05, 0) is 80.8 Å².